The van der Waals surface area contributed by atoms with Crippen molar-refractivity contribution in [2.24, 2.45) is 5.92 Å². The number of rotatable bonds is 3. The number of nitrogens with one attached hydrogen (secondary N) is 1. The van der Waals surface area contributed by atoms with Crippen LogP contribution in [0.15, 0.2) is 18.2 Å². The molecule has 22 heavy (non-hydrogen) atoms. The highest BCUT2D eigenvalue weighted by atomic mass is 19.1. The second-order valence-corrected chi connectivity index (χ2v) is 5.26. The van der Waals surface area contributed by atoms with E-state index in [4.69, 9.17) is 5.11 Å². The number of halogens is 1. The Morgan fingerprint density at radius 3 is 2.27 bits per heavy atom. The van der Waals surface area contributed by atoms with Gasteiger partial charge in [0, 0.05) is 12.5 Å². The third kappa shape index (κ3) is 8.13. The van der Waals surface area contributed by atoms with E-state index in [-0.39, 0.29) is 5.75 Å². The lowest BCUT2D eigenvalue weighted by Gasteiger charge is -2.17. The summed E-state index contributed by atoms with van der Waals surface area (Å²) >= 11 is 0. The molecule has 0 amide bonds. The maximum absolute atomic E-state index is 12.6. The molecule has 0 saturated heterocycles. The summed E-state index contributed by atoms with van der Waals surface area (Å²) in [5.74, 6) is -0.0592. The lowest BCUT2D eigenvalue weighted by Crippen LogP contribution is -2.13. The van der Waals surface area contributed by atoms with Crippen molar-refractivity contribution in [3.8, 4) is 5.75 Å². The van der Waals surface area contributed by atoms with E-state index in [0.717, 1.165) is 18.4 Å². The summed E-state index contributed by atoms with van der Waals surface area (Å²) in [5, 5.41) is 11.7. The fraction of sp³-hybridized carbons (Fsp3) is 0.611. The van der Waals surface area contributed by atoms with Gasteiger partial charge in [-0.3, -0.25) is 4.79 Å². The molecule has 0 atom stereocenters. The van der Waals surface area contributed by atoms with Crippen molar-refractivity contribution in [3.05, 3.63) is 29.6 Å². The van der Waals surface area contributed by atoms with Crippen LogP contribution >= 0.6 is 0 Å². The van der Waals surface area contributed by atoms with Crippen LogP contribution in [0.5, 0.6) is 5.75 Å². The Hall–Kier alpha value is -1.42. The molecule has 0 aromatic heterocycles. The summed E-state index contributed by atoms with van der Waals surface area (Å²) in [6, 6.07) is 4.34. The summed E-state index contributed by atoms with van der Waals surface area (Å²) < 4.78 is 12.6. The lowest BCUT2D eigenvalue weighted by molar-refractivity contribution is -0.121. The molecule has 0 bridgehead atoms. The highest BCUT2D eigenvalue weighted by Crippen LogP contribution is 2.23. The molecule has 1 aliphatic carbocycles. The Labute approximate surface area is 133 Å². The predicted molar refractivity (Wildman–Crippen MR) is 89.4 cm³/mol. The van der Waals surface area contributed by atoms with Crippen molar-refractivity contribution in [2.75, 3.05) is 7.05 Å². The molecule has 2 rings (SSSR count). The number of carbonyl (C=O) groups excluding carboxylic acids is 1. The first-order valence-electron chi connectivity index (χ1n) is 8.17. The number of carbonyl (C=O) groups is 1. The van der Waals surface area contributed by atoms with Crippen molar-refractivity contribution in [3.63, 3.8) is 0 Å². The van der Waals surface area contributed by atoms with Crippen molar-refractivity contribution in [1.82, 2.24) is 5.32 Å². The van der Waals surface area contributed by atoms with Crippen LogP contribution in [0.1, 0.15) is 58.4 Å². The second-order valence-electron chi connectivity index (χ2n) is 5.26. The van der Waals surface area contributed by atoms with Gasteiger partial charge in [-0.15, -0.1) is 0 Å². The Bertz CT molecular complexity index is 429. The zero-order chi connectivity index (χ0) is 17.0. The van der Waals surface area contributed by atoms with Crippen LogP contribution in [0.2, 0.25) is 0 Å². The number of hydrogen-bond donors (Lipinski definition) is 2. The number of aromatic hydroxyl groups is 1. The van der Waals surface area contributed by atoms with Gasteiger partial charge in [0.2, 0.25) is 0 Å². The highest BCUT2D eigenvalue weighted by molar-refractivity contribution is 5.78. The molecule has 1 saturated carbocycles. The monoisotopic (exact) mass is 311 g/mol. The quantitative estimate of drug-likeness (QED) is 0.868. The summed E-state index contributed by atoms with van der Waals surface area (Å²) in [6.45, 7) is 6.33. The molecule has 0 heterocycles. The third-order valence-corrected chi connectivity index (χ3v) is 3.57. The predicted octanol–water partition coefficient (Wildman–Crippen LogP) is 4.43. The number of hydrogen-bond acceptors (Lipinski definition) is 3. The largest absolute Gasteiger partial charge is 0.505 e. The normalized spacial score (nSPS) is 14.2. The minimum absolute atomic E-state index is 0.301. The summed E-state index contributed by atoms with van der Waals surface area (Å²) in [7, 11) is 1.78. The number of phenols is 1. The topological polar surface area (TPSA) is 49.3 Å². The van der Waals surface area contributed by atoms with Crippen LogP contribution in [-0.4, -0.2) is 17.9 Å². The van der Waals surface area contributed by atoms with Crippen LogP contribution in [-0.2, 0) is 11.3 Å². The Morgan fingerprint density at radius 1 is 1.27 bits per heavy atom. The van der Waals surface area contributed by atoms with Crippen LogP contribution in [0, 0.1) is 11.7 Å². The van der Waals surface area contributed by atoms with Gasteiger partial charge in [0.25, 0.3) is 0 Å². The summed E-state index contributed by atoms with van der Waals surface area (Å²) in [4.78, 5) is 10.8. The molecule has 3 nitrogen and oxygen atoms in total. The van der Waals surface area contributed by atoms with E-state index in [1.54, 1.807) is 20.0 Å². The van der Waals surface area contributed by atoms with Crippen molar-refractivity contribution < 1.29 is 14.3 Å². The molecule has 0 radical (unpaired) electrons. The van der Waals surface area contributed by atoms with Crippen molar-refractivity contribution >= 4 is 5.78 Å². The van der Waals surface area contributed by atoms with Gasteiger partial charge < -0.3 is 10.4 Å². The van der Waals surface area contributed by atoms with E-state index in [1.807, 2.05) is 13.8 Å². The zero-order valence-electron chi connectivity index (χ0n) is 14.3. The van der Waals surface area contributed by atoms with E-state index in [1.165, 1.54) is 31.4 Å². The lowest BCUT2D eigenvalue weighted by atomic mass is 9.87. The van der Waals surface area contributed by atoms with E-state index in [9.17, 15) is 9.18 Å². The molecule has 1 fully saturated rings. The first kappa shape index (κ1) is 20.6. The van der Waals surface area contributed by atoms with Crippen LogP contribution < -0.4 is 5.32 Å². The van der Waals surface area contributed by atoms with Gasteiger partial charge >= 0.3 is 0 Å². The van der Waals surface area contributed by atoms with Gasteiger partial charge in [-0.2, -0.15) is 0 Å². The van der Waals surface area contributed by atoms with Crippen LogP contribution in [0.3, 0.4) is 0 Å². The molecule has 126 valence electrons. The van der Waals surface area contributed by atoms with E-state index >= 15 is 0 Å². The van der Waals surface area contributed by atoms with E-state index in [2.05, 4.69) is 5.32 Å². The van der Waals surface area contributed by atoms with Gasteiger partial charge in [-0.05, 0) is 44.5 Å². The molecular weight excluding hydrogens is 281 g/mol. The van der Waals surface area contributed by atoms with Gasteiger partial charge in [0.05, 0.1) is 0 Å². The Morgan fingerprint density at radius 2 is 1.86 bits per heavy atom. The summed E-state index contributed by atoms with van der Waals surface area (Å²) in [5.41, 5.74) is 0.822. The number of Topliss-reactive ketones (excluding diaryl/α,β-unsaturated/α-hetero) is 1. The molecule has 4 heteroatoms. The van der Waals surface area contributed by atoms with E-state index < -0.39 is 5.82 Å². The average Bonchev–Trinajstić information content (AvgIpc) is 2.55. The fourth-order valence-electron chi connectivity index (χ4n) is 2.37. The molecule has 0 spiro atoms. The van der Waals surface area contributed by atoms with Crippen LogP contribution in [0.4, 0.5) is 4.39 Å². The molecule has 1 aromatic rings. The maximum Gasteiger partial charge on any atom is 0.165 e. The van der Waals surface area contributed by atoms with Crippen molar-refractivity contribution in [2.45, 2.75) is 59.4 Å². The third-order valence-electron chi connectivity index (χ3n) is 3.57. The number of benzene rings is 1. The molecule has 0 unspecified atom stereocenters. The SMILES string of the molecule is CC.CC(=O)C1CCCCC1.CNCc1ccc(O)c(F)c1. The summed E-state index contributed by atoms with van der Waals surface area (Å²) in [6.07, 6.45) is 6.17. The first-order valence-corrected chi connectivity index (χ1v) is 8.17. The minimum Gasteiger partial charge on any atom is -0.505 e. The molecule has 1 aromatic carbocycles. The maximum atomic E-state index is 12.6. The van der Waals surface area contributed by atoms with Gasteiger partial charge in [0.1, 0.15) is 5.78 Å². The van der Waals surface area contributed by atoms with Gasteiger partial charge in [-0.1, -0.05) is 39.2 Å². The van der Waals surface area contributed by atoms with Crippen molar-refractivity contribution in [1.29, 1.82) is 0 Å². The minimum atomic E-state index is -0.572. The molecule has 2 N–H and O–H groups in total. The number of ketones is 1. The van der Waals surface area contributed by atoms with Gasteiger partial charge in [-0.25, -0.2) is 4.39 Å². The second kappa shape index (κ2) is 12.2. The Kier molecular flexibility index (Phi) is 11.4. The van der Waals surface area contributed by atoms with Crippen LogP contribution in [0.25, 0.3) is 0 Å². The van der Waals surface area contributed by atoms with E-state index in [0.29, 0.717) is 18.2 Å². The van der Waals surface area contributed by atoms with Gasteiger partial charge in [0.15, 0.2) is 11.6 Å². The standard InChI is InChI=1S/C8H10FNO.C8H14O.C2H6/c1-10-5-6-2-3-8(11)7(9)4-6;1-7(9)8-5-3-2-4-6-8;1-2/h2-4,10-11H,5H2,1H3;8H,2-6H2,1H3;1-2H3. The first-order chi connectivity index (χ1) is 10.5. The Balaban J connectivity index is 0.000000366. The smallest absolute Gasteiger partial charge is 0.165 e. The molecule has 1 aliphatic rings. The highest BCUT2D eigenvalue weighted by Gasteiger charge is 2.16. The fourth-order valence-corrected chi connectivity index (χ4v) is 2.37. The molecule has 0 aliphatic heterocycles. The molecular formula is C18H30FNO2. The number of phenolic OH excluding ortho intramolecular Hbond substituents is 1. The average molecular weight is 311 g/mol. The zero-order valence-corrected chi connectivity index (χ0v) is 14.3.